The van der Waals surface area contributed by atoms with Crippen LogP contribution in [0.5, 0.6) is 5.75 Å². The Labute approximate surface area is 120 Å². The van der Waals surface area contributed by atoms with Crippen molar-refractivity contribution in [2.24, 2.45) is 0 Å². The van der Waals surface area contributed by atoms with Crippen LogP contribution in [0.3, 0.4) is 0 Å². The molecule has 1 aromatic rings. The number of esters is 1. The van der Waals surface area contributed by atoms with Crippen molar-refractivity contribution in [3.8, 4) is 5.75 Å². The van der Waals surface area contributed by atoms with Crippen LogP contribution in [0.2, 0.25) is 0 Å². The molecule has 0 aliphatic heterocycles. The van der Waals surface area contributed by atoms with Crippen LogP contribution in [0.15, 0.2) is 18.2 Å². The highest BCUT2D eigenvalue weighted by molar-refractivity contribution is 6.33. The van der Waals surface area contributed by atoms with E-state index in [0.29, 0.717) is 13.0 Å². The minimum atomic E-state index is -0.733. The zero-order valence-electron chi connectivity index (χ0n) is 12.4. The summed E-state index contributed by atoms with van der Waals surface area (Å²) in [6.45, 7) is 6.48. The van der Waals surface area contributed by atoms with Gasteiger partial charge in [0.05, 0.1) is 13.2 Å². The van der Waals surface area contributed by atoms with Gasteiger partial charge in [0.15, 0.2) is 0 Å². The van der Waals surface area contributed by atoms with Gasteiger partial charge in [0, 0.05) is 6.42 Å². The first-order valence-electron chi connectivity index (χ1n) is 6.94. The standard InChI is InChI=1S/C16H22O4/c1-4-19-16(18)14(17)7-5-6-10-20-15-11-12(2)8-9-13(15)3/h8-9,11H,4-7,10H2,1-3H3. The van der Waals surface area contributed by atoms with E-state index in [4.69, 9.17) is 4.74 Å². The van der Waals surface area contributed by atoms with E-state index in [2.05, 4.69) is 4.74 Å². The van der Waals surface area contributed by atoms with Crippen molar-refractivity contribution in [2.75, 3.05) is 13.2 Å². The van der Waals surface area contributed by atoms with Crippen molar-refractivity contribution in [1.29, 1.82) is 0 Å². The van der Waals surface area contributed by atoms with Crippen LogP contribution in [0.25, 0.3) is 0 Å². The fourth-order valence-corrected chi connectivity index (χ4v) is 1.75. The molecule has 0 aliphatic carbocycles. The molecule has 0 fully saturated rings. The highest BCUT2D eigenvalue weighted by atomic mass is 16.5. The molecule has 0 aromatic heterocycles. The molecule has 4 nitrogen and oxygen atoms in total. The maximum Gasteiger partial charge on any atom is 0.374 e. The largest absolute Gasteiger partial charge is 0.493 e. The van der Waals surface area contributed by atoms with Crippen LogP contribution < -0.4 is 4.74 Å². The number of aryl methyl sites for hydroxylation is 2. The van der Waals surface area contributed by atoms with Gasteiger partial charge in [-0.25, -0.2) is 4.79 Å². The SMILES string of the molecule is CCOC(=O)C(=O)CCCCOc1cc(C)ccc1C. The minimum absolute atomic E-state index is 0.217. The Hall–Kier alpha value is -1.84. The molecule has 0 saturated carbocycles. The van der Waals surface area contributed by atoms with Crippen molar-refractivity contribution in [3.63, 3.8) is 0 Å². The lowest BCUT2D eigenvalue weighted by Crippen LogP contribution is -2.17. The Kier molecular flexibility index (Phi) is 6.77. The molecule has 0 aliphatic rings. The van der Waals surface area contributed by atoms with Gasteiger partial charge in [-0.15, -0.1) is 0 Å². The second-order valence-corrected chi connectivity index (χ2v) is 4.72. The van der Waals surface area contributed by atoms with Crippen molar-refractivity contribution in [2.45, 2.75) is 40.0 Å². The number of ketones is 1. The summed E-state index contributed by atoms with van der Waals surface area (Å²) in [6, 6.07) is 6.06. The Bertz CT molecular complexity index is 466. The van der Waals surface area contributed by atoms with E-state index in [-0.39, 0.29) is 13.0 Å². The van der Waals surface area contributed by atoms with Gasteiger partial charge in [0.2, 0.25) is 5.78 Å². The first kappa shape index (κ1) is 16.2. The summed E-state index contributed by atoms with van der Waals surface area (Å²) in [7, 11) is 0. The summed E-state index contributed by atoms with van der Waals surface area (Å²) < 4.78 is 10.3. The fourth-order valence-electron chi connectivity index (χ4n) is 1.75. The first-order valence-corrected chi connectivity index (χ1v) is 6.94. The number of carbonyl (C=O) groups is 2. The lowest BCUT2D eigenvalue weighted by Gasteiger charge is -2.09. The molecule has 110 valence electrons. The third kappa shape index (κ3) is 5.43. The van der Waals surface area contributed by atoms with Crippen LogP contribution >= 0.6 is 0 Å². The number of hydrogen-bond donors (Lipinski definition) is 0. The zero-order valence-corrected chi connectivity index (χ0v) is 12.4. The number of unbranched alkanes of at least 4 members (excludes halogenated alkanes) is 1. The molecule has 4 heteroatoms. The fraction of sp³-hybridized carbons (Fsp3) is 0.500. The summed E-state index contributed by atoms with van der Waals surface area (Å²) in [4.78, 5) is 22.5. The predicted molar refractivity (Wildman–Crippen MR) is 76.9 cm³/mol. The Morgan fingerprint density at radius 1 is 1.15 bits per heavy atom. The van der Waals surface area contributed by atoms with Crippen molar-refractivity contribution >= 4 is 11.8 Å². The van der Waals surface area contributed by atoms with Gasteiger partial charge in [-0.1, -0.05) is 12.1 Å². The van der Waals surface area contributed by atoms with Gasteiger partial charge in [-0.05, 0) is 50.8 Å². The van der Waals surface area contributed by atoms with E-state index in [1.54, 1.807) is 6.92 Å². The average molecular weight is 278 g/mol. The molecular formula is C16H22O4. The van der Waals surface area contributed by atoms with Gasteiger partial charge in [0.25, 0.3) is 0 Å². The van der Waals surface area contributed by atoms with Gasteiger partial charge in [-0.3, -0.25) is 4.79 Å². The maximum absolute atomic E-state index is 11.3. The Morgan fingerprint density at radius 2 is 1.90 bits per heavy atom. The number of ether oxygens (including phenoxy) is 2. The number of carbonyl (C=O) groups excluding carboxylic acids is 2. The van der Waals surface area contributed by atoms with E-state index in [1.165, 1.54) is 0 Å². The van der Waals surface area contributed by atoms with Crippen LogP contribution in [0.1, 0.15) is 37.3 Å². The molecule has 0 unspecified atom stereocenters. The summed E-state index contributed by atoms with van der Waals surface area (Å²) >= 11 is 0. The number of benzene rings is 1. The minimum Gasteiger partial charge on any atom is -0.493 e. The smallest absolute Gasteiger partial charge is 0.374 e. The maximum atomic E-state index is 11.3. The van der Waals surface area contributed by atoms with Gasteiger partial charge in [-0.2, -0.15) is 0 Å². The molecule has 20 heavy (non-hydrogen) atoms. The van der Waals surface area contributed by atoms with Crippen LogP contribution in [-0.2, 0) is 14.3 Å². The van der Waals surface area contributed by atoms with Crippen LogP contribution in [0, 0.1) is 13.8 Å². The third-order valence-electron chi connectivity index (χ3n) is 2.90. The number of rotatable bonds is 8. The molecule has 0 N–H and O–H groups in total. The second-order valence-electron chi connectivity index (χ2n) is 4.72. The zero-order chi connectivity index (χ0) is 15.0. The lowest BCUT2D eigenvalue weighted by molar-refractivity contribution is -0.153. The number of Topliss-reactive ketones (excluding diaryl/α,β-unsaturated/α-hetero) is 1. The molecular weight excluding hydrogens is 256 g/mol. The molecule has 0 saturated heterocycles. The van der Waals surface area contributed by atoms with Gasteiger partial charge < -0.3 is 9.47 Å². The Morgan fingerprint density at radius 3 is 2.60 bits per heavy atom. The summed E-state index contributed by atoms with van der Waals surface area (Å²) in [5.74, 6) is -0.316. The molecule has 0 bridgehead atoms. The van der Waals surface area contributed by atoms with E-state index < -0.39 is 11.8 Å². The van der Waals surface area contributed by atoms with Crippen LogP contribution in [-0.4, -0.2) is 25.0 Å². The van der Waals surface area contributed by atoms with E-state index >= 15 is 0 Å². The lowest BCUT2D eigenvalue weighted by atomic mass is 10.1. The normalized spacial score (nSPS) is 10.2. The molecule has 0 atom stereocenters. The van der Waals surface area contributed by atoms with E-state index in [0.717, 1.165) is 23.3 Å². The molecule has 0 amide bonds. The van der Waals surface area contributed by atoms with Gasteiger partial charge in [0.1, 0.15) is 5.75 Å². The van der Waals surface area contributed by atoms with Gasteiger partial charge >= 0.3 is 5.97 Å². The summed E-state index contributed by atoms with van der Waals surface area (Å²) in [6.07, 6.45) is 1.58. The quantitative estimate of drug-likeness (QED) is 0.417. The molecule has 0 spiro atoms. The predicted octanol–water partition coefficient (Wildman–Crippen LogP) is 2.98. The highest BCUT2D eigenvalue weighted by Gasteiger charge is 2.13. The van der Waals surface area contributed by atoms with Crippen molar-refractivity contribution in [1.82, 2.24) is 0 Å². The first-order chi connectivity index (χ1) is 9.54. The number of hydrogen-bond acceptors (Lipinski definition) is 4. The molecule has 0 heterocycles. The van der Waals surface area contributed by atoms with Crippen molar-refractivity contribution < 1.29 is 19.1 Å². The topological polar surface area (TPSA) is 52.6 Å². The Balaban J connectivity index is 2.24. The monoisotopic (exact) mass is 278 g/mol. The van der Waals surface area contributed by atoms with Crippen LogP contribution in [0.4, 0.5) is 0 Å². The molecule has 0 radical (unpaired) electrons. The van der Waals surface area contributed by atoms with Crippen molar-refractivity contribution in [3.05, 3.63) is 29.3 Å². The average Bonchev–Trinajstić information content (AvgIpc) is 2.42. The highest BCUT2D eigenvalue weighted by Crippen LogP contribution is 2.19. The summed E-state index contributed by atoms with van der Waals surface area (Å²) in [5, 5.41) is 0. The van der Waals surface area contributed by atoms with E-state index in [9.17, 15) is 9.59 Å². The summed E-state index contributed by atoms with van der Waals surface area (Å²) in [5.41, 5.74) is 2.25. The molecule has 1 aromatic carbocycles. The molecule has 1 rings (SSSR count). The van der Waals surface area contributed by atoms with E-state index in [1.807, 2.05) is 32.0 Å². The second kappa shape index (κ2) is 8.35. The third-order valence-corrected chi connectivity index (χ3v) is 2.90.